The van der Waals surface area contributed by atoms with Crippen LogP contribution in [0.3, 0.4) is 0 Å². The molecular weight excluding hydrogens is 326 g/mol. The second kappa shape index (κ2) is 6.80. The van der Waals surface area contributed by atoms with Crippen LogP contribution in [0.25, 0.3) is 0 Å². The van der Waals surface area contributed by atoms with E-state index in [2.05, 4.69) is 21.2 Å². The largest absolute Gasteiger partial charge is 0.392 e. The topological polar surface area (TPSA) is 93.0 Å². The zero-order chi connectivity index (χ0) is 14.7. The number of hydrogen-bond donors (Lipinski definition) is 5. The zero-order valence-electron chi connectivity index (χ0n) is 10.8. The van der Waals surface area contributed by atoms with E-state index in [4.69, 9.17) is 5.11 Å². The highest BCUT2D eigenvalue weighted by Gasteiger charge is 2.36. The molecule has 0 saturated heterocycles. The third-order valence-electron chi connectivity index (χ3n) is 3.45. The maximum absolute atomic E-state index is 9.94. The molecular formula is C14H18BrNO4. The van der Waals surface area contributed by atoms with Crippen LogP contribution in [0.5, 0.6) is 0 Å². The van der Waals surface area contributed by atoms with Gasteiger partial charge in [0.2, 0.25) is 0 Å². The number of nitrogens with one attached hydrogen (secondary N) is 1. The molecule has 0 bridgehead atoms. The van der Waals surface area contributed by atoms with E-state index in [1.54, 1.807) is 6.08 Å². The Morgan fingerprint density at radius 2 is 1.70 bits per heavy atom. The van der Waals surface area contributed by atoms with Crippen molar-refractivity contribution in [2.45, 2.75) is 30.9 Å². The fourth-order valence-electron chi connectivity index (χ4n) is 2.21. The van der Waals surface area contributed by atoms with Gasteiger partial charge in [-0.2, -0.15) is 0 Å². The predicted molar refractivity (Wildman–Crippen MR) is 78.0 cm³/mol. The first-order valence-corrected chi connectivity index (χ1v) is 7.15. The van der Waals surface area contributed by atoms with Crippen LogP contribution in [0.2, 0.25) is 0 Å². The number of rotatable bonds is 4. The average molecular weight is 344 g/mol. The van der Waals surface area contributed by atoms with Crippen LogP contribution in [-0.4, -0.2) is 51.4 Å². The van der Waals surface area contributed by atoms with Crippen LogP contribution >= 0.6 is 15.9 Å². The van der Waals surface area contributed by atoms with Crippen molar-refractivity contribution in [1.82, 2.24) is 5.32 Å². The summed E-state index contributed by atoms with van der Waals surface area (Å²) in [7, 11) is 0. The molecule has 1 aliphatic carbocycles. The van der Waals surface area contributed by atoms with Gasteiger partial charge in [0.15, 0.2) is 0 Å². The van der Waals surface area contributed by atoms with E-state index in [1.807, 2.05) is 24.3 Å². The van der Waals surface area contributed by atoms with E-state index in [1.165, 1.54) is 0 Å². The first-order valence-electron chi connectivity index (χ1n) is 6.36. The van der Waals surface area contributed by atoms with Gasteiger partial charge in [-0.3, -0.25) is 0 Å². The molecule has 1 aromatic carbocycles. The Balaban J connectivity index is 2.04. The van der Waals surface area contributed by atoms with Crippen LogP contribution in [0.1, 0.15) is 5.56 Å². The molecule has 0 radical (unpaired) electrons. The first kappa shape index (κ1) is 15.6. The van der Waals surface area contributed by atoms with Crippen molar-refractivity contribution in [3.05, 3.63) is 46.0 Å². The molecule has 20 heavy (non-hydrogen) atoms. The van der Waals surface area contributed by atoms with E-state index in [0.717, 1.165) is 10.0 Å². The standard InChI is InChI=1S/C14H18BrNO4/c15-10-3-1-8(2-4-10)6-16-11-5-9(7-17)12(18)14(20)13(11)19/h1-5,11-14,16-20H,6-7H2/t11-,12?,13-,14+/m0/s1. The van der Waals surface area contributed by atoms with Crippen molar-refractivity contribution in [1.29, 1.82) is 0 Å². The molecule has 1 aromatic rings. The Kier molecular flexibility index (Phi) is 5.31. The van der Waals surface area contributed by atoms with E-state index < -0.39 is 24.4 Å². The molecule has 0 aliphatic heterocycles. The third-order valence-corrected chi connectivity index (χ3v) is 3.98. The third kappa shape index (κ3) is 3.46. The fourth-order valence-corrected chi connectivity index (χ4v) is 2.47. The summed E-state index contributed by atoms with van der Waals surface area (Å²) in [6.07, 6.45) is -2.07. The highest BCUT2D eigenvalue weighted by molar-refractivity contribution is 9.10. The van der Waals surface area contributed by atoms with Crippen molar-refractivity contribution >= 4 is 15.9 Å². The maximum atomic E-state index is 9.94. The molecule has 1 aliphatic rings. The SMILES string of the molecule is OCC1=C[C@H](NCc2ccc(Br)cc2)[C@H](O)[C@H](O)C1O. The fraction of sp³-hybridized carbons (Fsp3) is 0.429. The number of halogens is 1. The molecule has 1 unspecified atom stereocenters. The van der Waals surface area contributed by atoms with E-state index in [0.29, 0.717) is 12.1 Å². The lowest BCUT2D eigenvalue weighted by atomic mass is 9.88. The molecule has 0 aromatic heterocycles. The summed E-state index contributed by atoms with van der Waals surface area (Å²) in [4.78, 5) is 0. The number of hydrogen-bond acceptors (Lipinski definition) is 5. The van der Waals surface area contributed by atoms with E-state index in [-0.39, 0.29) is 6.61 Å². The van der Waals surface area contributed by atoms with Crippen molar-refractivity contribution in [3.8, 4) is 0 Å². The van der Waals surface area contributed by atoms with Gasteiger partial charge in [-0.15, -0.1) is 0 Å². The van der Waals surface area contributed by atoms with Gasteiger partial charge >= 0.3 is 0 Å². The molecule has 0 amide bonds. The second-order valence-electron chi connectivity index (χ2n) is 4.86. The summed E-state index contributed by atoms with van der Waals surface area (Å²) in [5, 5.41) is 41.6. The van der Waals surface area contributed by atoms with Crippen molar-refractivity contribution < 1.29 is 20.4 Å². The second-order valence-corrected chi connectivity index (χ2v) is 5.77. The highest BCUT2D eigenvalue weighted by Crippen LogP contribution is 2.20. The minimum absolute atomic E-state index is 0.316. The lowest BCUT2D eigenvalue weighted by Crippen LogP contribution is -2.53. The number of aliphatic hydroxyl groups excluding tert-OH is 4. The molecule has 2 rings (SSSR count). The van der Waals surface area contributed by atoms with Crippen LogP contribution in [-0.2, 0) is 6.54 Å². The molecule has 6 heteroatoms. The molecule has 0 saturated carbocycles. The van der Waals surface area contributed by atoms with Crippen LogP contribution in [0, 0.1) is 0 Å². The van der Waals surface area contributed by atoms with Gasteiger partial charge in [-0.25, -0.2) is 0 Å². The normalized spacial score (nSPS) is 30.1. The summed E-state index contributed by atoms with van der Waals surface area (Å²) in [6.45, 7) is 0.161. The monoisotopic (exact) mass is 343 g/mol. The Morgan fingerprint density at radius 1 is 1.05 bits per heavy atom. The van der Waals surface area contributed by atoms with Crippen LogP contribution in [0.4, 0.5) is 0 Å². The van der Waals surface area contributed by atoms with Crippen molar-refractivity contribution in [2.24, 2.45) is 0 Å². The molecule has 0 spiro atoms. The Morgan fingerprint density at radius 3 is 2.30 bits per heavy atom. The summed E-state index contributed by atoms with van der Waals surface area (Å²) in [5.74, 6) is 0. The molecule has 5 nitrogen and oxygen atoms in total. The number of aliphatic hydroxyl groups is 4. The predicted octanol–water partition coefficient (Wildman–Crippen LogP) is -0.0777. The quantitative estimate of drug-likeness (QED) is 0.493. The van der Waals surface area contributed by atoms with Crippen molar-refractivity contribution in [3.63, 3.8) is 0 Å². The van der Waals surface area contributed by atoms with E-state index >= 15 is 0 Å². The maximum Gasteiger partial charge on any atom is 0.111 e. The van der Waals surface area contributed by atoms with Gasteiger partial charge in [0.25, 0.3) is 0 Å². The molecule has 5 N–H and O–H groups in total. The van der Waals surface area contributed by atoms with Gasteiger partial charge in [-0.05, 0) is 23.3 Å². The van der Waals surface area contributed by atoms with Gasteiger partial charge in [0, 0.05) is 11.0 Å². The highest BCUT2D eigenvalue weighted by atomic mass is 79.9. The van der Waals surface area contributed by atoms with Gasteiger partial charge in [-0.1, -0.05) is 34.1 Å². The minimum atomic E-state index is -1.30. The average Bonchev–Trinajstić information content (AvgIpc) is 2.46. The molecule has 110 valence electrons. The van der Waals surface area contributed by atoms with Gasteiger partial charge in [0.05, 0.1) is 12.6 Å². The van der Waals surface area contributed by atoms with Gasteiger partial charge < -0.3 is 25.7 Å². The summed E-state index contributed by atoms with van der Waals surface area (Å²) in [5.41, 5.74) is 1.34. The Labute approximate surface area is 125 Å². The smallest absolute Gasteiger partial charge is 0.111 e. The molecule has 0 heterocycles. The van der Waals surface area contributed by atoms with Gasteiger partial charge in [0.1, 0.15) is 18.3 Å². The summed E-state index contributed by atoms with van der Waals surface area (Å²) >= 11 is 3.36. The summed E-state index contributed by atoms with van der Waals surface area (Å²) in [6, 6.07) is 7.20. The molecule has 4 atom stereocenters. The molecule has 0 fully saturated rings. The van der Waals surface area contributed by atoms with E-state index in [9.17, 15) is 15.3 Å². The Bertz CT molecular complexity index is 477. The summed E-state index contributed by atoms with van der Waals surface area (Å²) < 4.78 is 0.986. The van der Waals surface area contributed by atoms with Crippen molar-refractivity contribution in [2.75, 3.05) is 6.61 Å². The van der Waals surface area contributed by atoms with Crippen LogP contribution < -0.4 is 5.32 Å². The lowest BCUT2D eigenvalue weighted by Gasteiger charge is -2.34. The Hall–Kier alpha value is -0.760. The lowest BCUT2D eigenvalue weighted by molar-refractivity contribution is -0.0643. The van der Waals surface area contributed by atoms with Crippen LogP contribution in [0.15, 0.2) is 40.4 Å². The first-order chi connectivity index (χ1) is 9.52. The minimum Gasteiger partial charge on any atom is -0.392 e. The zero-order valence-corrected chi connectivity index (χ0v) is 12.4. The number of benzene rings is 1.